The summed E-state index contributed by atoms with van der Waals surface area (Å²) in [5.41, 5.74) is 0.878. The second-order valence-corrected chi connectivity index (χ2v) is 5.13. The zero-order valence-electron chi connectivity index (χ0n) is 10.4. The molecule has 1 aromatic heterocycles. The van der Waals surface area contributed by atoms with Crippen LogP contribution in [-0.2, 0) is 0 Å². The predicted molar refractivity (Wildman–Crippen MR) is 85.3 cm³/mol. The standard InChI is InChI=1S/C12H10BrN5OS/c1-7-10(19)15-11(18-17-7)16-12(20)14-6-8-2-4-9(13)5-3-8/h2-6H,1H3,(H2,15,16,18,19,20). The fourth-order valence-electron chi connectivity index (χ4n) is 1.27. The molecular formula is C12H10BrN5OS. The third-order valence-electron chi connectivity index (χ3n) is 2.29. The lowest BCUT2D eigenvalue weighted by Crippen LogP contribution is -2.19. The summed E-state index contributed by atoms with van der Waals surface area (Å²) >= 11 is 8.38. The Bertz CT molecular complexity index is 711. The molecule has 2 rings (SSSR count). The summed E-state index contributed by atoms with van der Waals surface area (Å²) < 4.78 is 0.989. The van der Waals surface area contributed by atoms with E-state index >= 15 is 0 Å². The van der Waals surface area contributed by atoms with Gasteiger partial charge in [0.25, 0.3) is 5.56 Å². The first-order valence-electron chi connectivity index (χ1n) is 5.59. The minimum absolute atomic E-state index is 0.165. The zero-order chi connectivity index (χ0) is 14.5. The Morgan fingerprint density at radius 1 is 1.40 bits per heavy atom. The van der Waals surface area contributed by atoms with Gasteiger partial charge in [-0.05, 0) is 36.8 Å². The second-order valence-electron chi connectivity index (χ2n) is 3.83. The summed E-state index contributed by atoms with van der Waals surface area (Å²) in [4.78, 5) is 17.9. The van der Waals surface area contributed by atoms with Crippen LogP contribution in [0.2, 0.25) is 0 Å². The molecule has 1 aromatic carbocycles. The van der Waals surface area contributed by atoms with Crippen LogP contribution in [0.4, 0.5) is 5.95 Å². The van der Waals surface area contributed by atoms with E-state index in [1.165, 1.54) is 0 Å². The number of rotatable bonds is 2. The van der Waals surface area contributed by atoms with Crippen LogP contribution >= 0.6 is 28.1 Å². The highest BCUT2D eigenvalue weighted by atomic mass is 79.9. The predicted octanol–water partition coefficient (Wildman–Crippen LogP) is 2.05. The number of hydrogen-bond donors (Lipinski definition) is 2. The van der Waals surface area contributed by atoms with Crippen molar-refractivity contribution in [3.8, 4) is 0 Å². The number of H-pyrrole nitrogens is 1. The minimum Gasteiger partial charge on any atom is -0.300 e. The SMILES string of the molecule is Cc1nnc(NC(=S)N=Cc2ccc(Br)cc2)[nH]c1=O. The van der Waals surface area contributed by atoms with Gasteiger partial charge in [0.2, 0.25) is 5.95 Å². The van der Waals surface area contributed by atoms with Gasteiger partial charge in [-0.3, -0.25) is 15.1 Å². The summed E-state index contributed by atoms with van der Waals surface area (Å²) in [6, 6.07) is 7.59. The Labute approximate surface area is 128 Å². The summed E-state index contributed by atoms with van der Waals surface area (Å²) in [5, 5.41) is 10.3. The molecule has 20 heavy (non-hydrogen) atoms. The second kappa shape index (κ2) is 6.49. The molecule has 0 fully saturated rings. The van der Waals surface area contributed by atoms with Crippen molar-refractivity contribution in [3.05, 3.63) is 50.3 Å². The lowest BCUT2D eigenvalue weighted by Gasteiger charge is -2.01. The number of benzene rings is 1. The van der Waals surface area contributed by atoms with Crippen molar-refractivity contribution in [2.75, 3.05) is 5.32 Å². The molecule has 0 saturated carbocycles. The van der Waals surface area contributed by atoms with Crippen LogP contribution in [0.15, 0.2) is 38.5 Å². The van der Waals surface area contributed by atoms with E-state index in [-0.39, 0.29) is 16.6 Å². The van der Waals surface area contributed by atoms with Gasteiger partial charge in [0.1, 0.15) is 5.69 Å². The number of hydrogen-bond acceptors (Lipinski definition) is 4. The van der Waals surface area contributed by atoms with Crippen molar-refractivity contribution < 1.29 is 0 Å². The van der Waals surface area contributed by atoms with Gasteiger partial charge in [-0.25, -0.2) is 4.99 Å². The van der Waals surface area contributed by atoms with Crippen LogP contribution in [0.1, 0.15) is 11.3 Å². The highest BCUT2D eigenvalue weighted by molar-refractivity contribution is 9.10. The number of nitrogens with one attached hydrogen (secondary N) is 2. The molecule has 2 aromatic rings. The monoisotopic (exact) mass is 351 g/mol. The normalized spacial score (nSPS) is 10.7. The van der Waals surface area contributed by atoms with E-state index in [0.29, 0.717) is 5.69 Å². The molecule has 2 N–H and O–H groups in total. The van der Waals surface area contributed by atoms with Crippen LogP contribution in [-0.4, -0.2) is 26.5 Å². The zero-order valence-corrected chi connectivity index (χ0v) is 12.8. The highest BCUT2D eigenvalue weighted by Gasteiger charge is 2.01. The average molecular weight is 352 g/mol. The maximum atomic E-state index is 11.3. The Kier molecular flexibility index (Phi) is 4.70. The number of aromatic amines is 1. The number of anilines is 1. The molecule has 0 aliphatic heterocycles. The summed E-state index contributed by atoms with van der Waals surface area (Å²) in [5.74, 6) is 0.165. The molecule has 1 heterocycles. The highest BCUT2D eigenvalue weighted by Crippen LogP contribution is 2.09. The van der Waals surface area contributed by atoms with E-state index in [2.05, 4.69) is 41.4 Å². The maximum absolute atomic E-state index is 11.3. The lowest BCUT2D eigenvalue weighted by molar-refractivity contribution is 0.910. The van der Waals surface area contributed by atoms with E-state index in [4.69, 9.17) is 12.2 Å². The van der Waals surface area contributed by atoms with Crippen molar-refractivity contribution >= 4 is 45.4 Å². The molecule has 0 atom stereocenters. The molecule has 6 nitrogen and oxygen atoms in total. The third kappa shape index (κ3) is 4.04. The largest absolute Gasteiger partial charge is 0.300 e. The van der Waals surface area contributed by atoms with E-state index in [0.717, 1.165) is 10.0 Å². The maximum Gasteiger partial charge on any atom is 0.273 e. The van der Waals surface area contributed by atoms with Crippen molar-refractivity contribution in [2.45, 2.75) is 6.92 Å². The first-order chi connectivity index (χ1) is 9.54. The molecule has 0 aliphatic rings. The van der Waals surface area contributed by atoms with Crippen LogP contribution in [0.25, 0.3) is 0 Å². The molecule has 8 heteroatoms. The molecule has 0 radical (unpaired) electrons. The van der Waals surface area contributed by atoms with Crippen molar-refractivity contribution in [2.24, 2.45) is 4.99 Å². The number of aliphatic imine (C=N–C) groups is 1. The molecule has 0 spiro atoms. The minimum atomic E-state index is -0.317. The molecular weight excluding hydrogens is 342 g/mol. The summed E-state index contributed by atoms with van der Waals surface area (Å²) in [6.07, 6.45) is 1.61. The van der Waals surface area contributed by atoms with Gasteiger partial charge in [0, 0.05) is 10.7 Å². The van der Waals surface area contributed by atoms with Gasteiger partial charge in [-0.1, -0.05) is 28.1 Å². The Hall–Kier alpha value is -1.93. The number of aryl methyl sites for hydroxylation is 1. The number of aromatic nitrogens is 3. The van der Waals surface area contributed by atoms with Crippen LogP contribution in [0, 0.1) is 6.92 Å². The fourth-order valence-corrected chi connectivity index (χ4v) is 1.68. The summed E-state index contributed by atoms with van der Waals surface area (Å²) in [7, 11) is 0. The number of halogens is 1. The third-order valence-corrected chi connectivity index (χ3v) is 3.02. The van der Waals surface area contributed by atoms with Crippen LogP contribution in [0.5, 0.6) is 0 Å². The molecule has 0 saturated heterocycles. The van der Waals surface area contributed by atoms with Gasteiger partial charge in [0.05, 0.1) is 0 Å². The molecule has 102 valence electrons. The first kappa shape index (κ1) is 14.5. The average Bonchev–Trinajstić information content (AvgIpc) is 2.42. The summed E-state index contributed by atoms with van der Waals surface area (Å²) in [6.45, 7) is 1.57. The fraction of sp³-hybridized carbons (Fsp3) is 0.0833. The smallest absolute Gasteiger partial charge is 0.273 e. The van der Waals surface area contributed by atoms with Crippen LogP contribution in [0.3, 0.4) is 0 Å². The molecule has 0 aliphatic carbocycles. The van der Waals surface area contributed by atoms with Crippen molar-refractivity contribution in [1.82, 2.24) is 15.2 Å². The number of nitrogens with zero attached hydrogens (tertiary/aromatic N) is 3. The van der Waals surface area contributed by atoms with Gasteiger partial charge in [-0.15, -0.1) is 10.2 Å². The topological polar surface area (TPSA) is 83.0 Å². The van der Waals surface area contributed by atoms with Crippen molar-refractivity contribution in [1.29, 1.82) is 0 Å². The quantitative estimate of drug-likeness (QED) is 0.639. The van der Waals surface area contributed by atoms with Gasteiger partial charge in [-0.2, -0.15) is 0 Å². The Morgan fingerprint density at radius 2 is 2.10 bits per heavy atom. The van der Waals surface area contributed by atoms with E-state index < -0.39 is 0 Å². The van der Waals surface area contributed by atoms with Crippen molar-refractivity contribution in [3.63, 3.8) is 0 Å². The van der Waals surface area contributed by atoms with Gasteiger partial charge in [0.15, 0.2) is 5.11 Å². The molecule has 0 unspecified atom stereocenters. The van der Waals surface area contributed by atoms with Gasteiger partial charge >= 0.3 is 0 Å². The number of thiocarbonyl (C=S) groups is 1. The van der Waals surface area contributed by atoms with E-state index in [1.807, 2.05) is 24.3 Å². The molecule has 0 amide bonds. The lowest BCUT2D eigenvalue weighted by atomic mass is 10.2. The molecule has 0 bridgehead atoms. The van der Waals surface area contributed by atoms with E-state index in [1.54, 1.807) is 13.1 Å². The van der Waals surface area contributed by atoms with Gasteiger partial charge < -0.3 is 0 Å². The Morgan fingerprint density at radius 3 is 2.75 bits per heavy atom. The first-order valence-corrected chi connectivity index (χ1v) is 6.79. The van der Waals surface area contributed by atoms with E-state index in [9.17, 15) is 4.79 Å². The Balaban J connectivity index is 2.03. The van der Waals surface area contributed by atoms with Crippen LogP contribution < -0.4 is 10.9 Å².